The zero-order valence-corrected chi connectivity index (χ0v) is 10.6. The predicted molar refractivity (Wildman–Crippen MR) is 71.9 cm³/mol. The lowest BCUT2D eigenvalue weighted by atomic mass is 10.2. The summed E-state index contributed by atoms with van der Waals surface area (Å²) in [5.41, 5.74) is 10.5. The molecule has 0 unspecified atom stereocenters. The van der Waals surface area contributed by atoms with Crippen molar-refractivity contribution in [2.75, 3.05) is 11.1 Å². The van der Waals surface area contributed by atoms with Crippen molar-refractivity contribution in [2.45, 2.75) is 6.18 Å². The lowest BCUT2D eigenvalue weighted by Gasteiger charge is -2.10. The molecule has 0 saturated carbocycles. The third kappa shape index (κ3) is 3.41. The van der Waals surface area contributed by atoms with Gasteiger partial charge >= 0.3 is 6.18 Å². The molecule has 0 spiro atoms. The van der Waals surface area contributed by atoms with Crippen molar-refractivity contribution in [1.82, 2.24) is 4.98 Å². The molecule has 110 valence electrons. The molecule has 8 heteroatoms. The van der Waals surface area contributed by atoms with Crippen LogP contribution in [0.5, 0.6) is 0 Å². The van der Waals surface area contributed by atoms with Crippen LogP contribution in [0.4, 0.5) is 30.4 Å². The van der Waals surface area contributed by atoms with Crippen molar-refractivity contribution in [3.63, 3.8) is 0 Å². The Bertz CT molecular complexity index is 668. The Kier molecular flexibility index (Phi) is 3.70. The number of amides is 1. The van der Waals surface area contributed by atoms with Gasteiger partial charge in [0.15, 0.2) is 0 Å². The molecule has 0 aliphatic rings. The standard InChI is InChI=1S/C13H11F3N4O/c14-13(15,16)7-1-3-8(4-2-7)20-11-5-9(12(18)21)10(17)6-19-11/h1-6H,17H2,(H2,18,21)(H,19,20). The summed E-state index contributed by atoms with van der Waals surface area (Å²) >= 11 is 0. The number of primary amides is 1. The second-order valence-corrected chi connectivity index (χ2v) is 4.22. The van der Waals surface area contributed by atoms with Crippen LogP contribution in [0.1, 0.15) is 15.9 Å². The number of carbonyl (C=O) groups is 1. The minimum absolute atomic E-state index is 0.0828. The number of pyridine rings is 1. The maximum absolute atomic E-state index is 12.4. The van der Waals surface area contributed by atoms with E-state index >= 15 is 0 Å². The van der Waals surface area contributed by atoms with E-state index in [2.05, 4.69) is 10.3 Å². The van der Waals surface area contributed by atoms with E-state index in [9.17, 15) is 18.0 Å². The van der Waals surface area contributed by atoms with Gasteiger partial charge < -0.3 is 16.8 Å². The predicted octanol–water partition coefficient (Wildman–Crippen LogP) is 2.53. The quantitative estimate of drug-likeness (QED) is 0.811. The molecule has 0 atom stereocenters. The number of nitrogens with zero attached hydrogens (tertiary/aromatic N) is 1. The third-order valence-corrected chi connectivity index (χ3v) is 2.68. The maximum atomic E-state index is 12.4. The van der Waals surface area contributed by atoms with Crippen molar-refractivity contribution in [1.29, 1.82) is 0 Å². The van der Waals surface area contributed by atoms with Crippen molar-refractivity contribution < 1.29 is 18.0 Å². The fraction of sp³-hybridized carbons (Fsp3) is 0.0769. The van der Waals surface area contributed by atoms with Gasteiger partial charge in [-0.1, -0.05) is 0 Å². The van der Waals surface area contributed by atoms with Gasteiger partial charge in [0.2, 0.25) is 0 Å². The first-order valence-corrected chi connectivity index (χ1v) is 5.77. The van der Waals surface area contributed by atoms with Gasteiger partial charge in [-0.15, -0.1) is 0 Å². The number of carbonyl (C=O) groups excluding carboxylic acids is 1. The van der Waals surface area contributed by atoms with Crippen LogP contribution in [0.25, 0.3) is 0 Å². The van der Waals surface area contributed by atoms with E-state index in [0.29, 0.717) is 5.69 Å². The summed E-state index contributed by atoms with van der Waals surface area (Å²) in [6.07, 6.45) is -3.15. The van der Waals surface area contributed by atoms with Gasteiger partial charge in [0.05, 0.1) is 23.0 Å². The lowest BCUT2D eigenvalue weighted by Crippen LogP contribution is -2.14. The van der Waals surface area contributed by atoms with Crippen molar-refractivity contribution in [2.24, 2.45) is 5.73 Å². The van der Waals surface area contributed by atoms with Crippen LogP contribution in [-0.4, -0.2) is 10.9 Å². The number of hydrogen-bond acceptors (Lipinski definition) is 4. The number of anilines is 3. The molecule has 5 nitrogen and oxygen atoms in total. The molecule has 0 aliphatic carbocycles. The molecule has 1 amide bonds. The van der Waals surface area contributed by atoms with Crippen LogP contribution < -0.4 is 16.8 Å². The van der Waals surface area contributed by atoms with Crippen molar-refractivity contribution in [3.05, 3.63) is 47.7 Å². The van der Waals surface area contributed by atoms with Crippen LogP contribution in [0.3, 0.4) is 0 Å². The Balaban J connectivity index is 2.22. The van der Waals surface area contributed by atoms with Gasteiger partial charge in [-0.25, -0.2) is 4.98 Å². The Morgan fingerprint density at radius 2 is 1.81 bits per heavy atom. The minimum Gasteiger partial charge on any atom is -0.397 e. The summed E-state index contributed by atoms with van der Waals surface area (Å²) in [7, 11) is 0. The maximum Gasteiger partial charge on any atom is 0.416 e. The fourth-order valence-electron chi connectivity index (χ4n) is 1.64. The molecule has 0 fully saturated rings. The smallest absolute Gasteiger partial charge is 0.397 e. The molecule has 0 radical (unpaired) electrons. The van der Waals surface area contributed by atoms with Gasteiger partial charge in [0.25, 0.3) is 5.91 Å². The molecule has 2 rings (SSSR count). The van der Waals surface area contributed by atoms with Crippen molar-refractivity contribution in [3.8, 4) is 0 Å². The number of benzene rings is 1. The first kappa shape index (κ1) is 14.6. The highest BCUT2D eigenvalue weighted by Crippen LogP contribution is 2.30. The van der Waals surface area contributed by atoms with Crippen LogP contribution in [0, 0.1) is 0 Å². The first-order valence-electron chi connectivity index (χ1n) is 5.77. The zero-order chi connectivity index (χ0) is 15.6. The summed E-state index contributed by atoms with van der Waals surface area (Å²) in [6.45, 7) is 0. The highest BCUT2D eigenvalue weighted by Gasteiger charge is 2.29. The molecule has 0 aliphatic heterocycles. The molecule has 21 heavy (non-hydrogen) atoms. The number of nitrogen functional groups attached to an aromatic ring is 1. The Hall–Kier alpha value is -2.77. The van der Waals surface area contributed by atoms with Crippen LogP contribution in [-0.2, 0) is 6.18 Å². The fourth-order valence-corrected chi connectivity index (χ4v) is 1.64. The lowest BCUT2D eigenvalue weighted by molar-refractivity contribution is -0.137. The molecule has 5 N–H and O–H groups in total. The van der Waals surface area contributed by atoms with E-state index in [1.165, 1.54) is 24.4 Å². The largest absolute Gasteiger partial charge is 0.416 e. The minimum atomic E-state index is -4.39. The Labute approximate surface area is 117 Å². The number of halogens is 3. The number of nitrogens with one attached hydrogen (secondary N) is 1. The number of aromatic nitrogens is 1. The average molecular weight is 296 g/mol. The molecule has 2 aromatic rings. The number of hydrogen-bond donors (Lipinski definition) is 3. The monoisotopic (exact) mass is 296 g/mol. The van der Waals surface area contributed by atoms with Crippen molar-refractivity contribution >= 4 is 23.1 Å². The second-order valence-electron chi connectivity index (χ2n) is 4.22. The SMILES string of the molecule is NC(=O)c1cc(Nc2ccc(C(F)(F)F)cc2)ncc1N. The van der Waals surface area contributed by atoms with Crippen LogP contribution in [0.2, 0.25) is 0 Å². The van der Waals surface area contributed by atoms with E-state index in [1.54, 1.807) is 0 Å². The molecule has 1 aromatic heterocycles. The third-order valence-electron chi connectivity index (χ3n) is 2.68. The highest BCUT2D eigenvalue weighted by molar-refractivity contribution is 5.98. The molecule has 1 aromatic carbocycles. The van der Waals surface area contributed by atoms with Gasteiger partial charge in [-0.05, 0) is 30.3 Å². The molecular weight excluding hydrogens is 285 g/mol. The number of nitrogens with two attached hydrogens (primary N) is 2. The zero-order valence-electron chi connectivity index (χ0n) is 10.6. The van der Waals surface area contributed by atoms with E-state index in [4.69, 9.17) is 11.5 Å². The van der Waals surface area contributed by atoms with E-state index in [0.717, 1.165) is 12.1 Å². The van der Waals surface area contributed by atoms with Gasteiger partial charge in [0.1, 0.15) is 5.82 Å². The first-order chi connectivity index (χ1) is 9.77. The Morgan fingerprint density at radius 3 is 2.33 bits per heavy atom. The summed E-state index contributed by atoms with van der Waals surface area (Å²) < 4.78 is 37.3. The van der Waals surface area contributed by atoms with Crippen LogP contribution in [0.15, 0.2) is 36.5 Å². The molecule has 1 heterocycles. The van der Waals surface area contributed by atoms with Gasteiger partial charge in [0, 0.05) is 5.69 Å². The Morgan fingerprint density at radius 1 is 1.19 bits per heavy atom. The summed E-state index contributed by atoms with van der Waals surface area (Å²) in [6, 6.07) is 5.72. The van der Waals surface area contributed by atoms with E-state index in [1.807, 2.05) is 0 Å². The van der Waals surface area contributed by atoms with E-state index < -0.39 is 17.6 Å². The summed E-state index contributed by atoms with van der Waals surface area (Å²) in [5.74, 6) is -0.469. The summed E-state index contributed by atoms with van der Waals surface area (Å²) in [5, 5.41) is 2.76. The number of rotatable bonds is 3. The van der Waals surface area contributed by atoms with E-state index in [-0.39, 0.29) is 17.1 Å². The number of alkyl halides is 3. The van der Waals surface area contributed by atoms with Crippen LogP contribution >= 0.6 is 0 Å². The topological polar surface area (TPSA) is 94.0 Å². The molecule has 0 saturated heterocycles. The molecule has 0 bridgehead atoms. The average Bonchev–Trinajstić information content (AvgIpc) is 2.40. The van der Waals surface area contributed by atoms with Gasteiger partial charge in [-0.3, -0.25) is 4.79 Å². The highest BCUT2D eigenvalue weighted by atomic mass is 19.4. The van der Waals surface area contributed by atoms with Gasteiger partial charge in [-0.2, -0.15) is 13.2 Å². The molecular formula is C13H11F3N4O. The second kappa shape index (κ2) is 5.31. The normalized spacial score (nSPS) is 11.2. The summed E-state index contributed by atoms with van der Waals surface area (Å²) in [4.78, 5) is 15.1.